The molecule has 0 bridgehead atoms. The molecule has 108 valence electrons. The number of rotatable bonds is 8. The fourth-order valence-electron chi connectivity index (χ4n) is 2.09. The van der Waals surface area contributed by atoms with Crippen LogP contribution in [0.15, 0.2) is 18.2 Å². The number of hydrogen-bond acceptors (Lipinski definition) is 2. The van der Waals surface area contributed by atoms with Crippen LogP contribution >= 0.6 is 11.6 Å². The Morgan fingerprint density at radius 2 is 2.05 bits per heavy atom. The van der Waals surface area contributed by atoms with Gasteiger partial charge in [-0.1, -0.05) is 44.9 Å². The largest absolute Gasteiger partial charge is 0.493 e. The van der Waals surface area contributed by atoms with Crippen molar-refractivity contribution in [2.45, 2.75) is 52.5 Å². The van der Waals surface area contributed by atoms with Crippen LogP contribution in [0.2, 0.25) is 5.02 Å². The molecule has 2 nitrogen and oxygen atoms in total. The van der Waals surface area contributed by atoms with Crippen LogP contribution in [-0.4, -0.2) is 12.6 Å². The summed E-state index contributed by atoms with van der Waals surface area (Å²) in [7, 11) is 0. The number of benzene rings is 1. The summed E-state index contributed by atoms with van der Waals surface area (Å²) in [6.45, 7) is 7.24. The molecule has 0 saturated heterocycles. The highest BCUT2D eigenvalue weighted by molar-refractivity contribution is 6.31. The first-order valence-electron chi connectivity index (χ1n) is 7.24. The summed E-state index contributed by atoms with van der Waals surface area (Å²) >= 11 is 6.27. The van der Waals surface area contributed by atoms with Crippen LogP contribution in [0.4, 0.5) is 0 Å². The minimum Gasteiger partial charge on any atom is -0.493 e. The van der Waals surface area contributed by atoms with E-state index >= 15 is 0 Å². The first kappa shape index (κ1) is 16.3. The molecule has 1 aromatic carbocycles. The Balaban J connectivity index is 2.73. The first-order valence-corrected chi connectivity index (χ1v) is 7.62. The molecule has 0 saturated carbocycles. The van der Waals surface area contributed by atoms with E-state index in [-0.39, 0.29) is 6.04 Å². The molecule has 2 atom stereocenters. The van der Waals surface area contributed by atoms with Gasteiger partial charge in [-0.2, -0.15) is 0 Å². The van der Waals surface area contributed by atoms with Crippen molar-refractivity contribution < 1.29 is 4.74 Å². The van der Waals surface area contributed by atoms with Gasteiger partial charge < -0.3 is 10.5 Å². The van der Waals surface area contributed by atoms with Gasteiger partial charge in [0.25, 0.3) is 0 Å². The average molecular weight is 284 g/mol. The van der Waals surface area contributed by atoms with Crippen molar-refractivity contribution in [3.63, 3.8) is 0 Å². The molecule has 0 amide bonds. The molecule has 0 fully saturated rings. The lowest BCUT2D eigenvalue weighted by atomic mass is 10.0. The smallest absolute Gasteiger partial charge is 0.124 e. The van der Waals surface area contributed by atoms with Gasteiger partial charge in [0.1, 0.15) is 5.75 Å². The molecule has 2 unspecified atom stereocenters. The first-order chi connectivity index (χ1) is 9.08. The maximum atomic E-state index is 6.27. The van der Waals surface area contributed by atoms with Crippen molar-refractivity contribution >= 4 is 11.6 Å². The van der Waals surface area contributed by atoms with Crippen LogP contribution in [-0.2, 0) is 6.42 Å². The molecule has 1 aromatic rings. The van der Waals surface area contributed by atoms with E-state index < -0.39 is 0 Å². The summed E-state index contributed by atoms with van der Waals surface area (Å²) in [5, 5.41) is 0.754. The molecule has 0 heterocycles. The Bertz CT molecular complexity index is 381. The molecule has 19 heavy (non-hydrogen) atoms. The lowest BCUT2D eigenvalue weighted by Gasteiger charge is -2.18. The third-order valence-electron chi connectivity index (χ3n) is 3.37. The third kappa shape index (κ3) is 5.42. The zero-order valence-electron chi connectivity index (χ0n) is 12.3. The number of hydrogen-bond donors (Lipinski definition) is 1. The van der Waals surface area contributed by atoms with Crippen molar-refractivity contribution in [3.8, 4) is 5.75 Å². The van der Waals surface area contributed by atoms with Gasteiger partial charge in [-0.15, -0.1) is 0 Å². The quantitative estimate of drug-likeness (QED) is 0.766. The molecule has 3 heteroatoms. The van der Waals surface area contributed by atoms with Gasteiger partial charge in [-0.25, -0.2) is 0 Å². The summed E-state index contributed by atoms with van der Waals surface area (Å²) in [5.74, 6) is 1.45. The molecule has 2 N–H and O–H groups in total. The van der Waals surface area contributed by atoms with Crippen molar-refractivity contribution in [2.75, 3.05) is 6.61 Å². The fourth-order valence-corrected chi connectivity index (χ4v) is 2.33. The Morgan fingerprint density at radius 3 is 2.68 bits per heavy atom. The number of nitrogens with two attached hydrogens (primary N) is 1. The molecule has 0 aromatic heterocycles. The predicted octanol–water partition coefficient (Wildman–Crippen LogP) is 4.43. The van der Waals surface area contributed by atoms with E-state index in [2.05, 4.69) is 20.8 Å². The summed E-state index contributed by atoms with van der Waals surface area (Å²) in [6.07, 6.45) is 4.09. The van der Waals surface area contributed by atoms with Crippen molar-refractivity contribution in [1.29, 1.82) is 0 Å². The minimum absolute atomic E-state index is 0.135. The zero-order chi connectivity index (χ0) is 14.3. The standard InChI is InChI=1S/C16H26ClNO/c1-4-7-12(3)11-19-16-9-6-8-15(17)14(16)10-13(18)5-2/h6,8-9,12-13H,4-5,7,10-11,18H2,1-3H3. The van der Waals surface area contributed by atoms with Crippen LogP contribution in [0.25, 0.3) is 0 Å². The molecule has 1 rings (SSSR count). The maximum Gasteiger partial charge on any atom is 0.124 e. The second kappa shape index (κ2) is 8.44. The third-order valence-corrected chi connectivity index (χ3v) is 3.73. The highest BCUT2D eigenvalue weighted by Gasteiger charge is 2.12. The number of ether oxygens (including phenoxy) is 1. The Hall–Kier alpha value is -0.730. The lowest BCUT2D eigenvalue weighted by molar-refractivity contribution is 0.249. The fraction of sp³-hybridized carbons (Fsp3) is 0.625. The zero-order valence-corrected chi connectivity index (χ0v) is 13.0. The molecule has 0 aliphatic carbocycles. The van der Waals surface area contributed by atoms with E-state index in [1.807, 2.05) is 18.2 Å². The molecular weight excluding hydrogens is 258 g/mol. The predicted molar refractivity (Wildman–Crippen MR) is 83.0 cm³/mol. The summed E-state index contributed by atoms with van der Waals surface area (Å²) in [5.41, 5.74) is 7.08. The van der Waals surface area contributed by atoms with E-state index in [1.165, 1.54) is 12.8 Å². The van der Waals surface area contributed by atoms with Crippen LogP contribution in [0.3, 0.4) is 0 Å². The van der Waals surface area contributed by atoms with E-state index in [4.69, 9.17) is 22.1 Å². The normalized spacial score (nSPS) is 14.2. The van der Waals surface area contributed by atoms with Gasteiger partial charge in [0, 0.05) is 16.6 Å². The Morgan fingerprint density at radius 1 is 1.32 bits per heavy atom. The molecular formula is C16H26ClNO. The molecule has 0 aliphatic heterocycles. The van der Waals surface area contributed by atoms with Crippen molar-refractivity contribution in [2.24, 2.45) is 11.7 Å². The highest BCUT2D eigenvalue weighted by Crippen LogP contribution is 2.28. The topological polar surface area (TPSA) is 35.2 Å². The van der Waals surface area contributed by atoms with Crippen LogP contribution in [0.5, 0.6) is 5.75 Å². The molecule has 0 aliphatic rings. The number of halogens is 1. The van der Waals surface area contributed by atoms with Gasteiger partial charge in [0.05, 0.1) is 6.61 Å². The highest BCUT2D eigenvalue weighted by atomic mass is 35.5. The summed E-state index contributed by atoms with van der Waals surface area (Å²) < 4.78 is 5.94. The Kier molecular flexibility index (Phi) is 7.25. The van der Waals surface area contributed by atoms with E-state index in [9.17, 15) is 0 Å². The van der Waals surface area contributed by atoms with Gasteiger partial charge in [0.15, 0.2) is 0 Å². The van der Waals surface area contributed by atoms with Gasteiger partial charge in [0.2, 0.25) is 0 Å². The van der Waals surface area contributed by atoms with E-state index in [1.54, 1.807) is 0 Å². The SMILES string of the molecule is CCCC(C)COc1cccc(Cl)c1CC(N)CC. The lowest BCUT2D eigenvalue weighted by Crippen LogP contribution is -2.22. The Labute approximate surface area is 122 Å². The summed E-state index contributed by atoms with van der Waals surface area (Å²) in [4.78, 5) is 0. The second-order valence-electron chi connectivity index (χ2n) is 5.29. The second-order valence-corrected chi connectivity index (χ2v) is 5.70. The minimum atomic E-state index is 0.135. The van der Waals surface area contributed by atoms with Gasteiger partial charge in [-0.05, 0) is 37.3 Å². The van der Waals surface area contributed by atoms with Crippen LogP contribution < -0.4 is 10.5 Å². The van der Waals surface area contributed by atoms with Crippen molar-refractivity contribution in [3.05, 3.63) is 28.8 Å². The summed E-state index contributed by atoms with van der Waals surface area (Å²) in [6, 6.07) is 5.96. The van der Waals surface area contributed by atoms with E-state index in [0.29, 0.717) is 5.92 Å². The average Bonchev–Trinajstić information content (AvgIpc) is 2.39. The van der Waals surface area contributed by atoms with Crippen molar-refractivity contribution in [1.82, 2.24) is 0 Å². The maximum absolute atomic E-state index is 6.27. The molecule has 0 spiro atoms. The van der Waals surface area contributed by atoms with Crippen LogP contribution in [0, 0.1) is 5.92 Å². The molecule has 0 radical (unpaired) electrons. The van der Waals surface area contributed by atoms with Gasteiger partial charge in [-0.3, -0.25) is 0 Å². The monoisotopic (exact) mass is 283 g/mol. The van der Waals surface area contributed by atoms with Crippen LogP contribution in [0.1, 0.15) is 45.6 Å². The van der Waals surface area contributed by atoms with Gasteiger partial charge >= 0.3 is 0 Å². The van der Waals surface area contributed by atoms with E-state index in [0.717, 1.165) is 35.8 Å².